The van der Waals surface area contributed by atoms with Gasteiger partial charge in [0.1, 0.15) is 0 Å². The number of likely N-dealkylation sites (tertiary alicyclic amines) is 1. The monoisotopic (exact) mass is 495 g/mol. The molecule has 2 heterocycles. The fourth-order valence-electron chi connectivity index (χ4n) is 7.22. The summed E-state index contributed by atoms with van der Waals surface area (Å²) in [6, 6.07) is 18.3. The van der Waals surface area contributed by atoms with E-state index in [2.05, 4.69) is 64.1 Å². The van der Waals surface area contributed by atoms with E-state index in [-0.39, 0.29) is 17.9 Å². The molecular weight excluding hydrogens is 458 g/mol. The van der Waals surface area contributed by atoms with Crippen LogP contribution in [0, 0.1) is 17.3 Å². The molecule has 0 bridgehead atoms. The smallest absolute Gasteiger partial charge is 0.251 e. The Balaban J connectivity index is 1.28. The van der Waals surface area contributed by atoms with Gasteiger partial charge in [-0.2, -0.15) is 0 Å². The van der Waals surface area contributed by atoms with E-state index in [0.717, 1.165) is 57.2 Å². The van der Waals surface area contributed by atoms with Crippen LogP contribution in [-0.4, -0.2) is 35.8 Å². The summed E-state index contributed by atoms with van der Waals surface area (Å²) in [5.74, 6) is 0.943. The van der Waals surface area contributed by atoms with E-state index >= 15 is 0 Å². The van der Waals surface area contributed by atoms with Gasteiger partial charge in [0.25, 0.3) is 5.91 Å². The summed E-state index contributed by atoms with van der Waals surface area (Å²) in [5, 5.41) is 7.01. The molecule has 2 aromatic carbocycles. The van der Waals surface area contributed by atoms with E-state index < -0.39 is 5.41 Å². The van der Waals surface area contributed by atoms with Crippen LogP contribution in [0.3, 0.4) is 0 Å². The van der Waals surface area contributed by atoms with Crippen LogP contribution in [0.15, 0.2) is 78.9 Å². The summed E-state index contributed by atoms with van der Waals surface area (Å²) in [6.07, 6.45) is 15.8. The highest BCUT2D eigenvalue weighted by molar-refractivity contribution is 5.94. The SMILES string of the molecule is O=C(NCC1(C(=O)N2CC[C@@H]3[C@H](C4C=CC=CC4)Nc4ccccc4[C@@H]32)CCCCC1)c1ccccc1. The molecule has 2 aromatic rings. The second kappa shape index (κ2) is 10.2. The number of fused-ring (bicyclic) bond motifs is 3. The summed E-state index contributed by atoms with van der Waals surface area (Å²) in [5.41, 5.74) is 2.52. The predicted molar refractivity (Wildman–Crippen MR) is 147 cm³/mol. The third kappa shape index (κ3) is 4.49. The molecule has 5 heteroatoms. The lowest BCUT2D eigenvalue weighted by Crippen LogP contribution is -2.52. The maximum absolute atomic E-state index is 14.5. The highest BCUT2D eigenvalue weighted by atomic mass is 16.2. The molecule has 0 spiro atoms. The second-order valence-electron chi connectivity index (χ2n) is 11.3. The number of para-hydroxylation sites is 1. The van der Waals surface area contributed by atoms with Gasteiger partial charge in [0.15, 0.2) is 0 Å². The first-order valence-corrected chi connectivity index (χ1v) is 14.0. The molecule has 4 aliphatic rings. The number of carbonyl (C=O) groups excluding carboxylic acids is 2. The van der Waals surface area contributed by atoms with Gasteiger partial charge in [-0.1, -0.05) is 80.0 Å². The van der Waals surface area contributed by atoms with Crippen molar-refractivity contribution in [2.45, 2.75) is 57.0 Å². The van der Waals surface area contributed by atoms with E-state index in [1.54, 1.807) is 0 Å². The van der Waals surface area contributed by atoms with Crippen molar-refractivity contribution in [2.24, 2.45) is 17.3 Å². The van der Waals surface area contributed by atoms with Gasteiger partial charge < -0.3 is 15.5 Å². The molecule has 1 saturated carbocycles. The first kappa shape index (κ1) is 24.0. The molecular formula is C32H37N3O2. The molecule has 37 heavy (non-hydrogen) atoms. The minimum absolute atomic E-state index is 0.0814. The minimum atomic E-state index is -0.527. The van der Waals surface area contributed by atoms with Crippen LogP contribution in [0.2, 0.25) is 0 Å². The Hall–Kier alpha value is -3.34. The maximum Gasteiger partial charge on any atom is 0.251 e. The Morgan fingerprint density at radius 3 is 2.54 bits per heavy atom. The molecule has 5 nitrogen and oxygen atoms in total. The zero-order valence-electron chi connectivity index (χ0n) is 21.4. The van der Waals surface area contributed by atoms with Crippen LogP contribution in [-0.2, 0) is 4.79 Å². The normalized spacial score (nSPS) is 27.6. The number of carbonyl (C=O) groups is 2. The van der Waals surface area contributed by atoms with Crippen LogP contribution in [0.4, 0.5) is 5.69 Å². The van der Waals surface area contributed by atoms with Crippen molar-refractivity contribution in [2.75, 3.05) is 18.4 Å². The largest absolute Gasteiger partial charge is 0.381 e. The average molecular weight is 496 g/mol. The molecule has 2 amide bonds. The third-order valence-electron chi connectivity index (χ3n) is 9.13. The Kier molecular flexibility index (Phi) is 6.62. The lowest BCUT2D eigenvalue weighted by atomic mass is 9.71. The molecule has 0 radical (unpaired) electrons. The topological polar surface area (TPSA) is 61.4 Å². The lowest BCUT2D eigenvalue weighted by molar-refractivity contribution is -0.145. The Morgan fingerprint density at radius 1 is 0.973 bits per heavy atom. The van der Waals surface area contributed by atoms with Gasteiger partial charge in [-0.15, -0.1) is 0 Å². The summed E-state index contributed by atoms with van der Waals surface area (Å²) in [7, 11) is 0. The Bertz CT molecular complexity index is 1200. The maximum atomic E-state index is 14.5. The average Bonchev–Trinajstić information content (AvgIpc) is 3.42. The van der Waals surface area contributed by atoms with E-state index in [0.29, 0.717) is 30.0 Å². The van der Waals surface area contributed by atoms with Crippen LogP contribution in [0.1, 0.15) is 66.9 Å². The lowest BCUT2D eigenvalue weighted by Gasteiger charge is -2.45. The van der Waals surface area contributed by atoms with Crippen molar-refractivity contribution >= 4 is 17.5 Å². The fourth-order valence-corrected chi connectivity index (χ4v) is 7.22. The molecule has 2 aliphatic heterocycles. The van der Waals surface area contributed by atoms with Crippen molar-refractivity contribution in [1.82, 2.24) is 10.2 Å². The number of hydrogen-bond donors (Lipinski definition) is 2. The number of anilines is 1. The van der Waals surface area contributed by atoms with Crippen molar-refractivity contribution in [3.05, 3.63) is 90.0 Å². The van der Waals surface area contributed by atoms with Gasteiger partial charge in [0.05, 0.1) is 11.5 Å². The predicted octanol–water partition coefficient (Wildman–Crippen LogP) is 5.88. The van der Waals surface area contributed by atoms with Gasteiger partial charge in [0, 0.05) is 42.2 Å². The Morgan fingerprint density at radius 2 is 1.76 bits per heavy atom. The number of nitrogens with one attached hydrogen (secondary N) is 2. The Labute approximate surface area is 220 Å². The molecule has 4 atom stereocenters. The fraction of sp³-hybridized carbons (Fsp3) is 0.438. The zero-order valence-corrected chi connectivity index (χ0v) is 21.4. The van der Waals surface area contributed by atoms with Gasteiger partial charge in [-0.05, 0) is 49.4 Å². The molecule has 1 saturated heterocycles. The van der Waals surface area contributed by atoms with Crippen molar-refractivity contribution in [3.63, 3.8) is 0 Å². The van der Waals surface area contributed by atoms with E-state index in [1.165, 1.54) is 5.56 Å². The standard InChI is InChI=1S/C32H37N3O2/c36-30(24-14-6-2-7-15-24)33-22-32(19-10-3-11-20-32)31(37)35-21-18-26-28(23-12-4-1-5-13-23)34-27-17-9-8-16-25(27)29(26)35/h1-2,4-9,12,14-17,23,26,28-29,34H,3,10-11,13,18-22H2,(H,33,36)/t23?,26-,28+,29+/m1/s1. The van der Waals surface area contributed by atoms with Crippen LogP contribution in [0.25, 0.3) is 0 Å². The van der Waals surface area contributed by atoms with Gasteiger partial charge in [0.2, 0.25) is 5.91 Å². The minimum Gasteiger partial charge on any atom is -0.381 e. The molecule has 2 N–H and O–H groups in total. The highest BCUT2D eigenvalue weighted by Crippen LogP contribution is 2.51. The van der Waals surface area contributed by atoms with Gasteiger partial charge >= 0.3 is 0 Å². The first-order chi connectivity index (χ1) is 18.2. The van der Waals surface area contributed by atoms with Crippen molar-refractivity contribution < 1.29 is 9.59 Å². The third-order valence-corrected chi connectivity index (χ3v) is 9.13. The van der Waals surface area contributed by atoms with Crippen molar-refractivity contribution in [1.29, 1.82) is 0 Å². The number of amides is 2. The van der Waals surface area contributed by atoms with Crippen LogP contribution >= 0.6 is 0 Å². The molecule has 0 aromatic heterocycles. The van der Waals surface area contributed by atoms with E-state index in [9.17, 15) is 9.59 Å². The zero-order chi connectivity index (χ0) is 25.2. The van der Waals surface area contributed by atoms with Crippen molar-refractivity contribution in [3.8, 4) is 0 Å². The highest BCUT2D eigenvalue weighted by Gasteiger charge is 2.51. The summed E-state index contributed by atoms with van der Waals surface area (Å²) in [4.78, 5) is 29.7. The number of benzene rings is 2. The van der Waals surface area contributed by atoms with Gasteiger partial charge in [-0.25, -0.2) is 0 Å². The molecule has 6 rings (SSSR count). The molecule has 2 fully saturated rings. The van der Waals surface area contributed by atoms with E-state index in [1.807, 2.05) is 30.3 Å². The van der Waals surface area contributed by atoms with Gasteiger partial charge in [-0.3, -0.25) is 9.59 Å². The number of hydrogen-bond acceptors (Lipinski definition) is 3. The van der Waals surface area contributed by atoms with Crippen LogP contribution in [0.5, 0.6) is 0 Å². The quantitative estimate of drug-likeness (QED) is 0.544. The number of rotatable bonds is 5. The summed E-state index contributed by atoms with van der Waals surface area (Å²) < 4.78 is 0. The first-order valence-electron chi connectivity index (χ1n) is 14.0. The molecule has 1 unspecified atom stereocenters. The van der Waals surface area contributed by atoms with Crippen LogP contribution < -0.4 is 10.6 Å². The summed E-state index contributed by atoms with van der Waals surface area (Å²) in [6.45, 7) is 1.19. The number of nitrogens with zero attached hydrogens (tertiary/aromatic N) is 1. The second-order valence-corrected chi connectivity index (χ2v) is 11.3. The molecule has 192 valence electrons. The summed E-state index contributed by atoms with van der Waals surface area (Å²) >= 11 is 0. The number of allylic oxidation sites excluding steroid dienone is 3. The molecule has 2 aliphatic carbocycles. The van der Waals surface area contributed by atoms with E-state index in [4.69, 9.17) is 0 Å².